The Balaban J connectivity index is 0.650. The molecule has 534 valence electrons. The zero-order chi connectivity index (χ0) is 76.2. The molecule has 0 spiro atoms. The van der Waals surface area contributed by atoms with Crippen LogP contribution in [0.3, 0.4) is 0 Å². The lowest BCUT2D eigenvalue weighted by Gasteiger charge is -2.22. The first kappa shape index (κ1) is 62.1. The van der Waals surface area contributed by atoms with Crippen LogP contribution in [-0.2, 0) is 0 Å². The van der Waals surface area contributed by atoms with E-state index in [2.05, 4.69) is 376 Å². The van der Waals surface area contributed by atoms with Crippen LogP contribution in [0.4, 0.5) is 0 Å². The molecule has 0 heteroatoms. The lowest BCUT2D eigenvalue weighted by Crippen LogP contribution is -1.95. The van der Waals surface area contributed by atoms with Gasteiger partial charge in [-0.05, 0) is 324 Å². The van der Waals surface area contributed by atoms with Crippen molar-refractivity contribution in [2.75, 3.05) is 0 Å². The van der Waals surface area contributed by atoms with Gasteiger partial charge in [-0.1, -0.05) is 358 Å². The van der Waals surface area contributed by atoms with Crippen molar-refractivity contribution < 1.29 is 0 Å². The van der Waals surface area contributed by atoms with Crippen LogP contribution < -0.4 is 0 Å². The molecule has 0 saturated heterocycles. The Hall–Kier alpha value is -15.3. The van der Waals surface area contributed by atoms with Crippen molar-refractivity contribution in [3.63, 3.8) is 0 Å². The molecule has 2 aliphatic rings. The molecule has 27 aromatic rings. The van der Waals surface area contributed by atoms with Crippen molar-refractivity contribution in [3.8, 4) is 122 Å². The molecule has 118 heavy (non-hydrogen) atoms. The van der Waals surface area contributed by atoms with Crippen LogP contribution in [0.2, 0.25) is 0 Å². The van der Waals surface area contributed by atoms with E-state index < -0.39 is 0 Å². The Kier molecular flexibility index (Phi) is 11.8. The monoisotopic (exact) mass is 1480 g/mol. The Labute approximate surface area is 676 Å². The summed E-state index contributed by atoms with van der Waals surface area (Å²) in [5, 5.41) is 44.8. The van der Waals surface area contributed by atoms with E-state index in [9.17, 15) is 0 Å². The van der Waals surface area contributed by atoms with Gasteiger partial charge in [0.1, 0.15) is 0 Å². The third-order valence-corrected chi connectivity index (χ3v) is 28.2. The average Bonchev–Trinajstić information content (AvgIpc) is 1.44. The van der Waals surface area contributed by atoms with E-state index in [0.717, 1.165) is 5.56 Å². The SMILES string of the molecule is c1ccc(-c2cc(-c3ccc(-c4c5ccccc5c(-c5ccccc5-c5ccccc5)c5c6cc7ccc8cc9c%10ccc%11ccccc%11c%10c%10ccc%11c%12ccc(c45)c6c%12c7c8c%11c9%10)cc3)ccc2-c2c3c(c(-c4ccccc4)c4ccccc24)-c2ccc4c5ccc6c7c(ccc(c8ccc-3c2c84)c75)-c2ccc3ccccc3c2-6)cc1. The van der Waals surface area contributed by atoms with Crippen molar-refractivity contribution in [3.05, 3.63) is 376 Å². The number of benzene rings is 25. The fourth-order valence-corrected chi connectivity index (χ4v) is 23.7. The first-order valence-corrected chi connectivity index (χ1v) is 41.5. The average molecular weight is 1480 g/mol. The van der Waals surface area contributed by atoms with E-state index in [1.54, 1.807) is 0 Å². The van der Waals surface area contributed by atoms with Crippen LogP contribution in [0.15, 0.2) is 376 Å². The molecule has 0 radical (unpaired) electrons. The highest BCUT2D eigenvalue weighted by Crippen LogP contribution is 2.64. The molecular formula is C118H62. The van der Waals surface area contributed by atoms with Crippen molar-refractivity contribution >= 4 is 183 Å². The summed E-state index contributed by atoms with van der Waals surface area (Å²) < 4.78 is 0. The van der Waals surface area contributed by atoms with Crippen LogP contribution in [0.1, 0.15) is 0 Å². The van der Waals surface area contributed by atoms with Crippen LogP contribution in [0.5, 0.6) is 0 Å². The molecule has 0 heterocycles. The number of hydrogen-bond donors (Lipinski definition) is 0. The zero-order valence-electron chi connectivity index (χ0n) is 63.8. The van der Waals surface area contributed by atoms with Gasteiger partial charge < -0.3 is 0 Å². The zero-order valence-corrected chi connectivity index (χ0v) is 63.8. The summed E-state index contributed by atoms with van der Waals surface area (Å²) in [5.74, 6) is 0. The molecule has 0 aromatic heterocycles. The lowest BCUT2D eigenvalue weighted by atomic mass is 9.80. The van der Waals surface area contributed by atoms with Crippen LogP contribution >= 0.6 is 0 Å². The topological polar surface area (TPSA) is 0 Å². The number of fused-ring (bicyclic) bond motifs is 21. The lowest BCUT2D eigenvalue weighted by molar-refractivity contribution is 1.57. The summed E-state index contributed by atoms with van der Waals surface area (Å²) in [4.78, 5) is 0. The molecule has 0 aliphatic heterocycles. The van der Waals surface area contributed by atoms with Gasteiger partial charge in [0.2, 0.25) is 0 Å². The van der Waals surface area contributed by atoms with Gasteiger partial charge >= 0.3 is 0 Å². The fourth-order valence-electron chi connectivity index (χ4n) is 23.7. The highest BCUT2D eigenvalue weighted by Gasteiger charge is 2.36. The molecule has 0 unspecified atom stereocenters. The molecule has 2 aliphatic carbocycles. The molecule has 27 aromatic carbocycles. The smallest absolute Gasteiger partial charge is 0.000697 e. The maximum absolute atomic E-state index is 2.58. The number of rotatable bonds is 7. The molecule has 0 fully saturated rings. The van der Waals surface area contributed by atoms with E-state index in [1.165, 1.54) is 300 Å². The van der Waals surface area contributed by atoms with Crippen molar-refractivity contribution in [2.45, 2.75) is 0 Å². The molecule has 0 amide bonds. The van der Waals surface area contributed by atoms with Gasteiger partial charge in [-0.25, -0.2) is 0 Å². The summed E-state index contributed by atoms with van der Waals surface area (Å²) in [6, 6.07) is 145. The van der Waals surface area contributed by atoms with Gasteiger partial charge in [0.05, 0.1) is 0 Å². The third-order valence-electron chi connectivity index (χ3n) is 28.2. The largest absolute Gasteiger partial charge is 0.0622 e. The van der Waals surface area contributed by atoms with E-state index in [1.807, 2.05) is 0 Å². The minimum absolute atomic E-state index is 1.16. The predicted molar refractivity (Wildman–Crippen MR) is 507 cm³/mol. The van der Waals surface area contributed by atoms with E-state index in [4.69, 9.17) is 0 Å². The van der Waals surface area contributed by atoms with Crippen molar-refractivity contribution in [1.82, 2.24) is 0 Å². The maximum atomic E-state index is 2.58. The summed E-state index contributed by atoms with van der Waals surface area (Å²) in [6.45, 7) is 0. The Morgan fingerprint density at radius 1 is 0.0932 bits per heavy atom. The second kappa shape index (κ2) is 22.4. The van der Waals surface area contributed by atoms with E-state index in [0.29, 0.717) is 0 Å². The minimum Gasteiger partial charge on any atom is -0.0622 e. The second-order valence-corrected chi connectivity index (χ2v) is 33.6. The van der Waals surface area contributed by atoms with Gasteiger partial charge in [-0.3, -0.25) is 0 Å². The Morgan fingerprint density at radius 3 is 1.11 bits per heavy atom. The summed E-state index contributed by atoms with van der Waals surface area (Å²) >= 11 is 0. The minimum atomic E-state index is 1.16. The van der Waals surface area contributed by atoms with Gasteiger partial charge in [0, 0.05) is 0 Å². The Bertz CT molecular complexity index is 9160. The normalized spacial score (nSPS) is 12.7. The molecule has 0 N–H and O–H groups in total. The van der Waals surface area contributed by atoms with Crippen LogP contribution in [0.25, 0.3) is 306 Å². The number of hydrogen-bond acceptors (Lipinski definition) is 0. The first-order chi connectivity index (χ1) is 58.6. The molecule has 0 nitrogen and oxygen atoms in total. The third kappa shape index (κ3) is 7.73. The molecular weight excluding hydrogens is 1420 g/mol. The highest BCUT2D eigenvalue weighted by atomic mass is 14.4. The summed E-state index contributed by atoms with van der Waals surface area (Å²) in [7, 11) is 0. The molecule has 29 rings (SSSR count). The maximum Gasteiger partial charge on any atom is -0.000697 e. The molecule has 0 atom stereocenters. The second-order valence-electron chi connectivity index (χ2n) is 33.6. The summed E-state index contributed by atoms with van der Waals surface area (Å²) in [6.07, 6.45) is 0. The van der Waals surface area contributed by atoms with Gasteiger partial charge in [-0.15, -0.1) is 0 Å². The van der Waals surface area contributed by atoms with Gasteiger partial charge in [-0.2, -0.15) is 0 Å². The van der Waals surface area contributed by atoms with Crippen LogP contribution in [-0.4, -0.2) is 0 Å². The van der Waals surface area contributed by atoms with E-state index in [-0.39, 0.29) is 0 Å². The fraction of sp³-hybridized carbons (Fsp3) is 0. The highest BCUT2D eigenvalue weighted by molar-refractivity contribution is 6.53. The van der Waals surface area contributed by atoms with Gasteiger partial charge in [0.15, 0.2) is 0 Å². The van der Waals surface area contributed by atoms with Gasteiger partial charge in [0.25, 0.3) is 0 Å². The molecule has 0 saturated carbocycles. The first-order valence-electron chi connectivity index (χ1n) is 41.5. The summed E-state index contributed by atoms with van der Waals surface area (Å²) in [5.41, 5.74) is 27.6. The van der Waals surface area contributed by atoms with Crippen LogP contribution in [0, 0.1) is 0 Å². The predicted octanol–water partition coefficient (Wildman–Crippen LogP) is 33.4. The van der Waals surface area contributed by atoms with E-state index >= 15 is 0 Å². The molecule has 0 bridgehead atoms. The Morgan fingerprint density at radius 2 is 0.458 bits per heavy atom. The quantitative estimate of drug-likeness (QED) is 0.110. The van der Waals surface area contributed by atoms with Crippen molar-refractivity contribution in [2.24, 2.45) is 0 Å². The van der Waals surface area contributed by atoms with Crippen molar-refractivity contribution in [1.29, 1.82) is 0 Å². The standard InChI is InChI=1S/C118H62/c1-4-20-64(21-5-1)73-28-14-15-31-76(73)107-79-34-18-17-33-78(79)100(116-95-59-54-88-87-53-56-92-104-75-30-13-11-25-67(75)43-46-90(104)97-61-71-40-41-72-62-98(118(107)116)112(95)114(88)102(72)101(71)113(87)111(92)97)69-38-36-63(37-39-69)70-44-47-89(96(60-70)65-22-6-2-7-23-65)108-80-35-19-16-32-77(80)99(68-26-8-3-9-27-68)115-93-57-51-86-84-50-55-91-103-74-29-12-10-24-66(74)42-45-81(103)82-48-49-83(105(84)109(82)91)85-52-58-94(117(108)115)110(93)106(85)86/h1-62H.